The Balaban J connectivity index is 1.43. The molecule has 0 saturated heterocycles. The van der Waals surface area contributed by atoms with E-state index in [1.165, 1.54) is 12.1 Å². The summed E-state index contributed by atoms with van der Waals surface area (Å²) in [7, 11) is 0. The minimum atomic E-state index is -0.422. The van der Waals surface area contributed by atoms with Crippen LogP contribution in [0, 0.1) is 12.7 Å². The SMILES string of the molecule is Cc1c(C(=O)NNC(=S)NCc2ccc(F)cc2)oc2c1ccc1ccccc12. The zero-order valence-electron chi connectivity index (χ0n) is 15.6. The molecule has 146 valence electrons. The molecule has 0 bridgehead atoms. The lowest BCUT2D eigenvalue weighted by Crippen LogP contribution is -2.46. The fourth-order valence-corrected chi connectivity index (χ4v) is 3.29. The van der Waals surface area contributed by atoms with Crippen molar-refractivity contribution in [3.8, 4) is 0 Å². The van der Waals surface area contributed by atoms with Gasteiger partial charge in [0.15, 0.2) is 10.9 Å². The predicted octanol–water partition coefficient (Wildman–Crippen LogP) is 4.34. The number of amides is 1. The summed E-state index contributed by atoms with van der Waals surface area (Å²) in [5.74, 6) is -0.491. The van der Waals surface area contributed by atoms with E-state index < -0.39 is 5.91 Å². The second-order valence-electron chi connectivity index (χ2n) is 6.61. The van der Waals surface area contributed by atoms with Gasteiger partial charge in [-0.05, 0) is 42.2 Å². The van der Waals surface area contributed by atoms with E-state index in [4.69, 9.17) is 16.6 Å². The molecule has 1 aromatic heterocycles. The molecule has 0 atom stereocenters. The Bertz CT molecular complexity index is 1220. The molecule has 0 saturated carbocycles. The van der Waals surface area contributed by atoms with Gasteiger partial charge in [0.05, 0.1) is 0 Å². The highest BCUT2D eigenvalue weighted by Gasteiger charge is 2.19. The van der Waals surface area contributed by atoms with Crippen molar-refractivity contribution in [2.45, 2.75) is 13.5 Å². The molecule has 3 N–H and O–H groups in total. The topological polar surface area (TPSA) is 66.3 Å². The van der Waals surface area contributed by atoms with Crippen molar-refractivity contribution in [2.24, 2.45) is 0 Å². The Labute approximate surface area is 171 Å². The predicted molar refractivity (Wildman–Crippen MR) is 115 cm³/mol. The number of fused-ring (bicyclic) bond motifs is 3. The first-order valence-corrected chi connectivity index (χ1v) is 9.43. The summed E-state index contributed by atoms with van der Waals surface area (Å²) in [6.07, 6.45) is 0. The number of benzene rings is 3. The van der Waals surface area contributed by atoms with Gasteiger partial charge in [-0.2, -0.15) is 0 Å². The fraction of sp³-hybridized carbons (Fsp3) is 0.0909. The smallest absolute Gasteiger partial charge is 0.305 e. The zero-order valence-corrected chi connectivity index (χ0v) is 16.4. The molecule has 4 rings (SSSR count). The molecule has 0 unspecified atom stereocenters. The molecular formula is C22H18FN3O2S. The number of carbonyl (C=O) groups is 1. The van der Waals surface area contributed by atoms with Crippen LogP contribution >= 0.6 is 12.2 Å². The molecule has 0 fully saturated rings. The molecule has 5 nitrogen and oxygen atoms in total. The summed E-state index contributed by atoms with van der Waals surface area (Å²) >= 11 is 5.17. The van der Waals surface area contributed by atoms with E-state index in [-0.39, 0.29) is 16.7 Å². The number of aryl methyl sites for hydroxylation is 1. The molecule has 7 heteroatoms. The van der Waals surface area contributed by atoms with Gasteiger partial charge in [0.25, 0.3) is 0 Å². The molecule has 0 spiro atoms. The second-order valence-corrected chi connectivity index (χ2v) is 7.02. The highest BCUT2D eigenvalue weighted by atomic mass is 32.1. The largest absolute Gasteiger partial charge is 0.450 e. The van der Waals surface area contributed by atoms with Gasteiger partial charge < -0.3 is 9.73 Å². The maximum absolute atomic E-state index is 12.9. The Hall–Kier alpha value is -3.45. The monoisotopic (exact) mass is 407 g/mol. The van der Waals surface area contributed by atoms with Gasteiger partial charge in [0, 0.05) is 22.9 Å². The average molecular weight is 407 g/mol. The van der Waals surface area contributed by atoms with E-state index in [2.05, 4.69) is 16.2 Å². The number of halogens is 1. The summed E-state index contributed by atoms with van der Waals surface area (Å²) in [4.78, 5) is 12.6. The van der Waals surface area contributed by atoms with Gasteiger partial charge in [-0.1, -0.05) is 48.5 Å². The van der Waals surface area contributed by atoms with E-state index in [0.717, 1.165) is 27.3 Å². The molecule has 0 aliphatic heterocycles. The van der Waals surface area contributed by atoms with Crippen LogP contribution in [0.5, 0.6) is 0 Å². The standard InChI is InChI=1S/C22H18FN3O2S/c1-13-17-11-8-15-4-2-3-5-18(15)20(17)28-19(13)21(27)25-26-22(29)24-12-14-6-9-16(23)10-7-14/h2-11H,12H2,1H3,(H,25,27)(H2,24,26,29). The van der Waals surface area contributed by atoms with Gasteiger partial charge in [-0.15, -0.1) is 0 Å². The van der Waals surface area contributed by atoms with Gasteiger partial charge in [0.1, 0.15) is 11.4 Å². The normalized spacial score (nSPS) is 10.8. The molecule has 4 aromatic rings. The third-order valence-electron chi connectivity index (χ3n) is 4.69. The molecule has 3 aromatic carbocycles. The quantitative estimate of drug-likeness (QED) is 0.348. The molecule has 1 heterocycles. The Morgan fingerprint density at radius 1 is 1.00 bits per heavy atom. The van der Waals surface area contributed by atoms with Crippen molar-refractivity contribution in [1.29, 1.82) is 0 Å². The van der Waals surface area contributed by atoms with Crippen molar-refractivity contribution in [2.75, 3.05) is 0 Å². The number of rotatable bonds is 3. The lowest BCUT2D eigenvalue weighted by molar-refractivity contribution is 0.0917. The third-order valence-corrected chi connectivity index (χ3v) is 4.94. The van der Waals surface area contributed by atoms with Crippen molar-refractivity contribution >= 4 is 45.0 Å². The number of nitrogens with one attached hydrogen (secondary N) is 3. The van der Waals surface area contributed by atoms with E-state index >= 15 is 0 Å². The van der Waals surface area contributed by atoms with Crippen LogP contribution in [0.2, 0.25) is 0 Å². The van der Waals surface area contributed by atoms with E-state index in [1.54, 1.807) is 12.1 Å². The average Bonchev–Trinajstić information content (AvgIpc) is 3.08. The van der Waals surface area contributed by atoms with Crippen LogP contribution in [0.15, 0.2) is 65.1 Å². The fourth-order valence-electron chi connectivity index (χ4n) is 3.16. The summed E-state index contributed by atoms with van der Waals surface area (Å²) in [5.41, 5.74) is 7.51. The van der Waals surface area contributed by atoms with Gasteiger partial charge in [-0.25, -0.2) is 4.39 Å². The van der Waals surface area contributed by atoms with Crippen LogP contribution in [0.1, 0.15) is 21.7 Å². The maximum Gasteiger partial charge on any atom is 0.305 e. The number of thiocarbonyl (C=S) groups is 1. The van der Waals surface area contributed by atoms with Gasteiger partial charge >= 0.3 is 5.91 Å². The van der Waals surface area contributed by atoms with Crippen LogP contribution in [0.25, 0.3) is 21.7 Å². The maximum atomic E-state index is 12.9. The van der Waals surface area contributed by atoms with E-state index in [9.17, 15) is 9.18 Å². The summed E-state index contributed by atoms with van der Waals surface area (Å²) in [6, 6.07) is 17.9. The summed E-state index contributed by atoms with van der Waals surface area (Å²) in [5, 5.41) is 6.08. The number of hydrogen-bond donors (Lipinski definition) is 3. The zero-order chi connectivity index (χ0) is 20.4. The Morgan fingerprint density at radius 3 is 2.55 bits per heavy atom. The highest BCUT2D eigenvalue weighted by molar-refractivity contribution is 7.80. The molecule has 1 amide bonds. The van der Waals surface area contributed by atoms with Crippen molar-refractivity contribution in [3.05, 3.63) is 83.4 Å². The third kappa shape index (κ3) is 3.90. The van der Waals surface area contributed by atoms with Crippen molar-refractivity contribution in [1.82, 2.24) is 16.2 Å². The molecular weight excluding hydrogens is 389 g/mol. The van der Waals surface area contributed by atoms with Crippen LogP contribution in [0.3, 0.4) is 0 Å². The van der Waals surface area contributed by atoms with Crippen LogP contribution in [0.4, 0.5) is 4.39 Å². The van der Waals surface area contributed by atoms with Crippen molar-refractivity contribution in [3.63, 3.8) is 0 Å². The minimum Gasteiger partial charge on any atom is -0.450 e. The van der Waals surface area contributed by atoms with Crippen LogP contribution in [-0.2, 0) is 6.54 Å². The molecule has 29 heavy (non-hydrogen) atoms. The molecule has 0 radical (unpaired) electrons. The lowest BCUT2D eigenvalue weighted by Gasteiger charge is -2.11. The first-order valence-electron chi connectivity index (χ1n) is 9.02. The minimum absolute atomic E-state index is 0.227. The number of carbonyl (C=O) groups excluding carboxylic acids is 1. The number of hydrazine groups is 1. The first-order chi connectivity index (χ1) is 14.0. The van der Waals surface area contributed by atoms with Crippen molar-refractivity contribution < 1.29 is 13.6 Å². The van der Waals surface area contributed by atoms with E-state index in [0.29, 0.717) is 12.1 Å². The number of furan rings is 1. The van der Waals surface area contributed by atoms with Crippen LogP contribution in [-0.4, -0.2) is 11.0 Å². The highest BCUT2D eigenvalue weighted by Crippen LogP contribution is 2.31. The lowest BCUT2D eigenvalue weighted by atomic mass is 10.1. The number of hydrogen-bond acceptors (Lipinski definition) is 3. The first kappa shape index (κ1) is 18.9. The van der Waals surface area contributed by atoms with E-state index in [1.807, 2.05) is 43.3 Å². The molecule has 0 aliphatic rings. The molecule has 0 aliphatic carbocycles. The summed E-state index contributed by atoms with van der Waals surface area (Å²) in [6.45, 7) is 2.25. The Morgan fingerprint density at radius 2 is 1.76 bits per heavy atom. The second kappa shape index (κ2) is 7.89. The van der Waals surface area contributed by atoms with Crippen LogP contribution < -0.4 is 16.2 Å². The van der Waals surface area contributed by atoms with Gasteiger partial charge in [0.2, 0.25) is 0 Å². The Kier molecular flexibility index (Phi) is 5.14. The van der Waals surface area contributed by atoms with Gasteiger partial charge in [-0.3, -0.25) is 15.6 Å². The summed E-state index contributed by atoms with van der Waals surface area (Å²) < 4.78 is 18.8.